The fraction of sp³-hybridized carbons (Fsp3) is 0.949. The Balaban J connectivity index is 4.57. The molecule has 0 heterocycles. The number of nitrogens with one attached hydrogen (secondary N) is 2. The predicted molar refractivity (Wildman–Crippen MR) is 195 cm³/mol. The lowest BCUT2D eigenvalue weighted by Gasteiger charge is -2.31. The van der Waals surface area contributed by atoms with E-state index in [4.69, 9.17) is 0 Å². The van der Waals surface area contributed by atoms with Crippen LogP contribution in [0, 0.1) is 0 Å². The molecule has 0 aliphatic carbocycles. The van der Waals surface area contributed by atoms with E-state index in [0.29, 0.717) is 0 Å². The van der Waals surface area contributed by atoms with Crippen LogP contribution in [0.5, 0.6) is 0 Å². The first-order chi connectivity index (χ1) is 21.7. The molecule has 0 aromatic carbocycles. The van der Waals surface area contributed by atoms with Gasteiger partial charge in [0, 0.05) is 19.1 Å². The minimum absolute atomic E-state index is 0.0828. The van der Waals surface area contributed by atoms with Gasteiger partial charge in [0.05, 0.1) is 24.7 Å². The van der Waals surface area contributed by atoms with Crippen LogP contribution in [0.15, 0.2) is 0 Å². The van der Waals surface area contributed by atoms with E-state index in [1.54, 1.807) is 0 Å². The molecule has 0 bridgehead atoms. The second-order valence-corrected chi connectivity index (χ2v) is 14.6. The second kappa shape index (κ2) is 30.4. The van der Waals surface area contributed by atoms with Gasteiger partial charge in [0.2, 0.25) is 5.91 Å². The number of carbonyl (C=O) groups excluding carboxylic acids is 2. The summed E-state index contributed by atoms with van der Waals surface area (Å²) in [4.78, 5) is 28.5. The maximum Gasteiger partial charge on any atom is 0.236 e. The number of unbranched alkanes of at least 4 members (excludes halogenated alkanes) is 22. The highest BCUT2D eigenvalue weighted by Gasteiger charge is 2.34. The quantitative estimate of drug-likeness (QED) is 0.0612. The number of aliphatic hydroxyl groups is 1. The van der Waals surface area contributed by atoms with E-state index in [-0.39, 0.29) is 30.9 Å². The van der Waals surface area contributed by atoms with Crippen molar-refractivity contribution in [3.05, 3.63) is 0 Å². The minimum Gasteiger partial charge on any atom is -0.394 e. The van der Waals surface area contributed by atoms with Gasteiger partial charge in [0.15, 0.2) is 5.78 Å². The standard InChI is InChI=1S/C39H79N3O3/c1-7-9-11-13-15-17-19-21-23-25-27-29-31-42(32-30-28-26-24-22-20-18-16-14-12-10-8-2)37(44)33-40-39(5,6)38(45)36(34-43)41-35(3)4/h35-36,40-41,43H,7-34H2,1-6H3. The van der Waals surface area contributed by atoms with Gasteiger partial charge in [-0.05, 0) is 26.7 Å². The van der Waals surface area contributed by atoms with Crippen molar-refractivity contribution in [1.29, 1.82) is 0 Å². The molecule has 0 spiro atoms. The molecule has 1 amide bonds. The van der Waals surface area contributed by atoms with Crippen molar-refractivity contribution in [2.24, 2.45) is 0 Å². The Morgan fingerprint density at radius 1 is 0.600 bits per heavy atom. The molecule has 0 rings (SSSR count). The van der Waals surface area contributed by atoms with Gasteiger partial charge in [0.25, 0.3) is 0 Å². The third-order valence-corrected chi connectivity index (χ3v) is 9.25. The van der Waals surface area contributed by atoms with Crippen LogP contribution in [0.3, 0.4) is 0 Å². The monoisotopic (exact) mass is 638 g/mol. The summed E-state index contributed by atoms with van der Waals surface area (Å²) in [5, 5.41) is 16.1. The van der Waals surface area contributed by atoms with E-state index in [9.17, 15) is 14.7 Å². The maximum absolute atomic E-state index is 13.4. The highest BCUT2D eigenvalue weighted by Crippen LogP contribution is 2.15. The fourth-order valence-electron chi connectivity index (χ4n) is 6.19. The number of amides is 1. The highest BCUT2D eigenvalue weighted by atomic mass is 16.3. The van der Waals surface area contributed by atoms with Gasteiger partial charge in [-0.25, -0.2) is 0 Å². The molecule has 1 unspecified atom stereocenters. The Bertz CT molecular complexity index is 654. The van der Waals surface area contributed by atoms with Gasteiger partial charge in [-0.1, -0.05) is 169 Å². The summed E-state index contributed by atoms with van der Waals surface area (Å²) in [5.74, 6) is -0.0284. The predicted octanol–water partition coefficient (Wildman–Crippen LogP) is 9.51. The first-order valence-corrected chi connectivity index (χ1v) is 19.6. The van der Waals surface area contributed by atoms with Crippen LogP contribution in [0.25, 0.3) is 0 Å². The molecule has 0 saturated carbocycles. The molecule has 0 saturated heterocycles. The van der Waals surface area contributed by atoms with Gasteiger partial charge < -0.3 is 15.3 Å². The smallest absolute Gasteiger partial charge is 0.236 e. The molecule has 0 aromatic rings. The lowest BCUT2D eigenvalue weighted by Crippen LogP contribution is -2.58. The molecule has 6 nitrogen and oxygen atoms in total. The Morgan fingerprint density at radius 3 is 1.24 bits per heavy atom. The molecule has 0 fully saturated rings. The van der Waals surface area contributed by atoms with Gasteiger partial charge >= 0.3 is 0 Å². The van der Waals surface area contributed by atoms with Gasteiger partial charge in [-0.15, -0.1) is 0 Å². The zero-order valence-corrected chi connectivity index (χ0v) is 31.2. The molecular formula is C39H79N3O3. The Hall–Kier alpha value is -0.980. The lowest BCUT2D eigenvalue weighted by molar-refractivity contribution is -0.132. The zero-order chi connectivity index (χ0) is 33.6. The molecule has 0 aliphatic heterocycles. The number of ketones is 1. The van der Waals surface area contributed by atoms with Crippen LogP contribution in [0.4, 0.5) is 0 Å². The van der Waals surface area contributed by atoms with E-state index in [1.165, 1.54) is 141 Å². The highest BCUT2D eigenvalue weighted by molar-refractivity contribution is 5.93. The molecule has 45 heavy (non-hydrogen) atoms. The molecular weight excluding hydrogens is 558 g/mol. The molecule has 0 aromatic heterocycles. The molecule has 6 heteroatoms. The van der Waals surface area contributed by atoms with Crippen molar-refractivity contribution in [3.8, 4) is 0 Å². The SMILES string of the molecule is CCCCCCCCCCCCCCN(CCCCCCCCCCCCCC)C(=O)CNC(C)(C)C(=O)C(CO)NC(C)C. The summed E-state index contributed by atoms with van der Waals surface area (Å²) in [7, 11) is 0. The molecule has 1 atom stereocenters. The van der Waals surface area contributed by atoms with Crippen LogP contribution in [0.2, 0.25) is 0 Å². The number of Topliss-reactive ketones (excluding diaryl/α,β-unsaturated/α-hetero) is 1. The summed E-state index contributed by atoms with van der Waals surface area (Å²) in [6.07, 6.45) is 31.5. The summed E-state index contributed by atoms with van der Waals surface area (Å²) in [5.41, 5.74) is -0.900. The summed E-state index contributed by atoms with van der Waals surface area (Å²) >= 11 is 0. The third-order valence-electron chi connectivity index (χ3n) is 9.25. The van der Waals surface area contributed by atoms with Crippen LogP contribution in [-0.2, 0) is 9.59 Å². The number of hydrogen-bond donors (Lipinski definition) is 3. The van der Waals surface area contributed by atoms with Gasteiger partial charge in [-0.2, -0.15) is 0 Å². The van der Waals surface area contributed by atoms with Gasteiger partial charge in [-0.3, -0.25) is 14.9 Å². The number of aliphatic hydroxyl groups excluding tert-OH is 1. The van der Waals surface area contributed by atoms with E-state index in [2.05, 4.69) is 24.5 Å². The summed E-state index contributed by atoms with van der Waals surface area (Å²) < 4.78 is 0. The number of carbonyl (C=O) groups is 2. The number of hydrogen-bond acceptors (Lipinski definition) is 5. The van der Waals surface area contributed by atoms with Crippen molar-refractivity contribution in [1.82, 2.24) is 15.5 Å². The van der Waals surface area contributed by atoms with Crippen LogP contribution < -0.4 is 10.6 Å². The van der Waals surface area contributed by atoms with E-state index in [0.717, 1.165) is 25.9 Å². The van der Waals surface area contributed by atoms with Crippen molar-refractivity contribution in [3.63, 3.8) is 0 Å². The lowest BCUT2D eigenvalue weighted by atomic mass is 9.93. The van der Waals surface area contributed by atoms with E-state index in [1.807, 2.05) is 32.6 Å². The van der Waals surface area contributed by atoms with Crippen molar-refractivity contribution in [2.45, 2.75) is 213 Å². The topological polar surface area (TPSA) is 81.7 Å². The fourth-order valence-corrected chi connectivity index (χ4v) is 6.19. The second-order valence-electron chi connectivity index (χ2n) is 14.6. The van der Waals surface area contributed by atoms with Crippen molar-refractivity contribution >= 4 is 11.7 Å². The largest absolute Gasteiger partial charge is 0.394 e. The van der Waals surface area contributed by atoms with Gasteiger partial charge in [0.1, 0.15) is 0 Å². The first-order valence-electron chi connectivity index (χ1n) is 19.6. The number of nitrogens with zero attached hydrogens (tertiary/aromatic N) is 1. The van der Waals surface area contributed by atoms with Crippen LogP contribution in [0.1, 0.15) is 196 Å². The van der Waals surface area contributed by atoms with Crippen LogP contribution >= 0.6 is 0 Å². The minimum atomic E-state index is -0.900. The Morgan fingerprint density at radius 2 is 0.933 bits per heavy atom. The van der Waals surface area contributed by atoms with Crippen LogP contribution in [-0.4, -0.2) is 65.6 Å². The molecule has 3 N–H and O–H groups in total. The Kier molecular flexibility index (Phi) is 29.7. The first kappa shape index (κ1) is 44.0. The van der Waals surface area contributed by atoms with E-state index < -0.39 is 11.6 Å². The van der Waals surface area contributed by atoms with Crippen molar-refractivity contribution in [2.75, 3.05) is 26.2 Å². The van der Waals surface area contributed by atoms with E-state index >= 15 is 0 Å². The summed E-state index contributed by atoms with van der Waals surface area (Å²) in [6.45, 7) is 13.6. The number of rotatable bonds is 34. The maximum atomic E-state index is 13.4. The zero-order valence-electron chi connectivity index (χ0n) is 31.2. The third kappa shape index (κ3) is 25.8. The average molecular weight is 638 g/mol. The average Bonchev–Trinajstić information content (AvgIpc) is 3.02. The molecule has 0 aliphatic rings. The molecule has 0 radical (unpaired) electrons. The Labute approximate surface area is 281 Å². The summed E-state index contributed by atoms with van der Waals surface area (Å²) in [6, 6.07) is -0.550. The normalized spacial score (nSPS) is 12.6. The van der Waals surface area contributed by atoms with Crippen molar-refractivity contribution < 1.29 is 14.7 Å². The molecule has 268 valence electrons.